The van der Waals surface area contributed by atoms with Crippen LogP contribution < -0.4 is 4.74 Å². The third kappa shape index (κ3) is 4.09. The summed E-state index contributed by atoms with van der Waals surface area (Å²) in [4.78, 5) is 11.9. The minimum atomic E-state index is -4.70. The van der Waals surface area contributed by atoms with E-state index in [-0.39, 0.29) is 11.3 Å². The third-order valence-corrected chi connectivity index (χ3v) is 7.61. The first-order chi connectivity index (χ1) is 15.8. The third-order valence-electron chi connectivity index (χ3n) is 7.61. The number of hydrogen-bond acceptors (Lipinski definition) is 2. The van der Waals surface area contributed by atoms with Gasteiger partial charge in [0.15, 0.2) is 0 Å². The molecule has 0 spiro atoms. The van der Waals surface area contributed by atoms with Crippen molar-refractivity contribution < 1.29 is 17.9 Å². The number of halogens is 3. The van der Waals surface area contributed by atoms with E-state index in [9.17, 15) is 13.2 Å². The van der Waals surface area contributed by atoms with Crippen LogP contribution in [0.5, 0.6) is 5.75 Å². The Labute approximate surface area is 190 Å². The summed E-state index contributed by atoms with van der Waals surface area (Å²) < 4.78 is 41.7. The molecule has 2 heterocycles. The number of aliphatic imine (C=N–C) groups is 1. The van der Waals surface area contributed by atoms with Crippen molar-refractivity contribution in [1.29, 1.82) is 0 Å². The Hall–Kier alpha value is -2.96. The Kier molecular flexibility index (Phi) is 4.71. The van der Waals surface area contributed by atoms with E-state index in [1.807, 2.05) is 30.6 Å². The molecule has 4 bridgehead atoms. The van der Waals surface area contributed by atoms with Crippen LogP contribution in [-0.2, 0) is 0 Å². The summed E-state index contributed by atoms with van der Waals surface area (Å²) in [7, 11) is 0. The largest absolute Gasteiger partial charge is 0.573 e. The maximum absolute atomic E-state index is 12.6. The van der Waals surface area contributed by atoms with E-state index < -0.39 is 6.36 Å². The lowest BCUT2D eigenvalue weighted by Gasteiger charge is -2.54. The molecule has 2 N–H and O–H groups in total. The molecule has 0 atom stereocenters. The molecule has 0 radical (unpaired) electrons. The lowest BCUT2D eigenvalue weighted by atomic mass is 9.53. The van der Waals surface area contributed by atoms with E-state index in [1.54, 1.807) is 12.1 Å². The van der Waals surface area contributed by atoms with Gasteiger partial charge < -0.3 is 14.7 Å². The molecule has 4 aliphatic carbocycles. The normalized spacial score (nSPS) is 28.6. The molecule has 0 saturated heterocycles. The first-order valence-corrected chi connectivity index (χ1v) is 11.6. The van der Waals surface area contributed by atoms with Crippen molar-refractivity contribution in [3.63, 3.8) is 0 Å². The molecule has 4 aliphatic rings. The Morgan fingerprint density at radius 2 is 1.61 bits per heavy atom. The number of hydrogen-bond donors (Lipinski definition) is 2. The van der Waals surface area contributed by atoms with E-state index in [4.69, 9.17) is 4.99 Å². The molecule has 3 aromatic rings. The predicted octanol–water partition coefficient (Wildman–Crippen LogP) is 6.96. The number of aromatic amines is 2. The van der Waals surface area contributed by atoms with E-state index in [2.05, 4.69) is 14.7 Å². The lowest BCUT2D eigenvalue weighted by Crippen LogP contribution is -2.49. The summed E-state index contributed by atoms with van der Waals surface area (Å²) in [5.74, 6) is 2.21. The average molecular weight is 454 g/mol. The highest BCUT2D eigenvalue weighted by atomic mass is 19.4. The summed E-state index contributed by atoms with van der Waals surface area (Å²) in [5.41, 5.74) is 4.51. The number of nitrogens with zero attached hydrogens (tertiary/aromatic N) is 1. The molecule has 2 aromatic heterocycles. The summed E-state index contributed by atoms with van der Waals surface area (Å²) >= 11 is 0. The van der Waals surface area contributed by atoms with Crippen molar-refractivity contribution in [1.82, 2.24) is 9.97 Å². The number of alkyl halides is 3. The quantitative estimate of drug-likeness (QED) is 0.403. The molecule has 4 nitrogen and oxygen atoms in total. The van der Waals surface area contributed by atoms with Gasteiger partial charge in [-0.2, -0.15) is 0 Å². The van der Waals surface area contributed by atoms with Crippen LogP contribution in [0.25, 0.3) is 22.5 Å². The van der Waals surface area contributed by atoms with Gasteiger partial charge in [0.25, 0.3) is 0 Å². The fourth-order valence-electron chi connectivity index (χ4n) is 6.71. The van der Waals surface area contributed by atoms with Gasteiger partial charge in [-0.05, 0) is 92.2 Å². The van der Waals surface area contributed by atoms with E-state index in [1.165, 1.54) is 50.7 Å². The number of H-pyrrole nitrogens is 2. The van der Waals surface area contributed by atoms with E-state index in [0.29, 0.717) is 0 Å². The van der Waals surface area contributed by atoms with Gasteiger partial charge >= 0.3 is 6.36 Å². The standard InChI is InChI=1S/C26H26F3N3O/c27-26(28,29)33-20-5-3-19(4-6-20)21-11-23(22-2-1-7-30-22)32-24(21)15-31-25-12-16-8-17(13-25)10-18(9-16)14-25/h1-7,11,15-18,30,32H,8-10,12-14H2. The van der Waals surface area contributed by atoms with Crippen molar-refractivity contribution in [2.75, 3.05) is 0 Å². The molecule has 7 rings (SSSR count). The van der Waals surface area contributed by atoms with Crippen LogP contribution in [0.4, 0.5) is 13.2 Å². The summed E-state index contributed by atoms with van der Waals surface area (Å²) in [6, 6.07) is 12.0. The molecule has 4 fully saturated rings. The molecule has 33 heavy (non-hydrogen) atoms. The predicted molar refractivity (Wildman–Crippen MR) is 121 cm³/mol. The smallest absolute Gasteiger partial charge is 0.406 e. The molecule has 0 aliphatic heterocycles. The number of nitrogens with one attached hydrogen (secondary N) is 2. The van der Waals surface area contributed by atoms with Crippen LogP contribution in [0, 0.1) is 17.8 Å². The zero-order valence-corrected chi connectivity index (χ0v) is 18.2. The zero-order valence-electron chi connectivity index (χ0n) is 18.2. The molecule has 4 saturated carbocycles. The Bertz CT molecular complexity index is 1120. The Morgan fingerprint density at radius 3 is 2.18 bits per heavy atom. The van der Waals surface area contributed by atoms with Gasteiger partial charge in [-0.25, -0.2) is 0 Å². The maximum atomic E-state index is 12.6. The van der Waals surface area contributed by atoms with Gasteiger partial charge in [0, 0.05) is 18.0 Å². The topological polar surface area (TPSA) is 53.2 Å². The Balaban J connectivity index is 1.34. The van der Waals surface area contributed by atoms with Crippen LogP contribution in [0.15, 0.2) is 53.7 Å². The molecule has 0 unspecified atom stereocenters. The second kappa shape index (κ2) is 7.54. The van der Waals surface area contributed by atoms with Crippen molar-refractivity contribution in [2.24, 2.45) is 22.7 Å². The maximum Gasteiger partial charge on any atom is 0.573 e. The molecular weight excluding hydrogens is 427 g/mol. The van der Waals surface area contributed by atoms with Gasteiger partial charge in [-0.1, -0.05) is 12.1 Å². The second-order valence-corrected chi connectivity index (χ2v) is 10.1. The zero-order chi connectivity index (χ0) is 22.6. The van der Waals surface area contributed by atoms with Gasteiger partial charge in [-0.15, -0.1) is 13.2 Å². The van der Waals surface area contributed by atoms with E-state index in [0.717, 1.165) is 46.0 Å². The minimum Gasteiger partial charge on any atom is -0.406 e. The van der Waals surface area contributed by atoms with Crippen LogP contribution in [-0.4, -0.2) is 28.1 Å². The van der Waals surface area contributed by atoms with Crippen LogP contribution in [0.1, 0.15) is 44.2 Å². The van der Waals surface area contributed by atoms with Gasteiger partial charge in [-0.3, -0.25) is 4.99 Å². The lowest BCUT2D eigenvalue weighted by molar-refractivity contribution is -0.274. The summed E-state index contributed by atoms with van der Waals surface area (Å²) in [5, 5.41) is 0. The first-order valence-electron chi connectivity index (χ1n) is 11.6. The van der Waals surface area contributed by atoms with E-state index >= 15 is 0 Å². The van der Waals surface area contributed by atoms with Gasteiger partial charge in [0.05, 0.1) is 22.6 Å². The van der Waals surface area contributed by atoms with Crippen molar-refractivity contribution in [3.05, 3.63) is 54.4 Å². The van der Waals surface area contributed by atoms with Crippen LogP contribution in [0.3, 0.4) is 0 Å². The fraction of sp³-hybridized carbons (Fsp3) is 0.423. The number of rotatable bonds is 5. The number of aromatic nitrogens is 2. The van der Waals surface area contributed by atoms with Crippen molar-refractivity contribution in [2.45, 2.75) is 50.4 Å². The Morgan fingerprint density at radius 1 is 0.939 bits per heavy atom. The fourth-order valence-corrected chi connectivity index (χ4v) is 6.71. The summed E-state index contributed by atoms with van der Waals surface area (Å²) in [6.07, 6.45) is 6.77. The monoisotopic (exact) mass is 453 g/mol. The van der Waals surface area contributed by atoms with Crippen LogP contribution >= 0.6 is 0 Å². The highest BCUT2D eigenvalue weighted by Gasteiger charge is 2.50. The van der Waals surface area contributed by atoms with Crippen molar-refractivity contribution >= 4 is 6.21 Å². The molecule has 7 heteroatoms. The minimum absolute atomic E-state index is 0.0497. The molecular formula is C26H26F3N3O. The highest BCUT2D eigenvalue weighted by molar-refractivity contribution is 5.91. The SMILES string of the molecule is FC(F)(F)Oc1ccc(-c2cc(-c3ccc[nH]3)[nH]c2C=NC23CC4CC(CC(C4)C2)C3)cc1. The van der Waals surface area contributed by atoms with Gasteiger partial charge in [0.2, 0.25) is 0 Å². The molecule has 172 valence electrons. The van der Waals surface area contributed by atoms with Gasteiger partial charge in [0.1, 0.15) is 5.75 Å². The average Bonchev–Trinajstić information content (AvgIpc) is 3.41. The summed E-state index contributed by atoms with van der Waals surface area (Å²) in [6.45, 7) is 0. The number of ether oxygens (including phenoxy) is 1. The van der Waals surface area contributed by atoms with Crippen molar-refractivity contribution in [3.8, 4) is 28.3 Å². The second-order valence-electron chi connectivity index (χ2n) is 10.1. The number of benzene rings is 1. The van der Waals surface area contributed by atoms with Crippen LogP contribution in [0.2, 0.25) is 0 Å². The highest BCUT2D eigenvalue weighted by Crippen LogP contribution is 2.57. The molecule has 0 amide bonds. The first kappa shape index (κ1) is 20.6. The molecule has 1 aromatic carbocycles.